The third kappa shape index (κ3) is 4.37. The van der Waals surface area contributed by atoms with Crippen LogP contribution in [0.5, 0.6) is 0 Å². The second-order valence-electron chi connectivity index (χ2n) is 7.18. The van der Waals surface area contributed by atoms with E-state index in [2.05, 4.69) is 19.2 Å². The molecule has 22 heavy (non-hydrogen) atoms. The van der Waals surface area contributed by atoms with Gasteiger partial charge in [-0.05, 0) is 55.7 Å². The van der Waals surface area contributed by atoms with Crippen LogP contribution in [0.4, 0.5) is 23.2 Å². The van der Waals surface area contributed by atoms with Crippen molar-refractivity contribution in [1.82, 2.24) is 0 Å². The molecule has 0 amide bonds. The van der Waals surface area contributed by atoms with Crippen LogP contribution in [0.3, 0.4) is 0 Å². The number of benzene rings is 1. The lowest BCUT2D eigenvalue weighted by Crippen LogP contribution is -2.33. The molecule has 124 valence electrons. The Labute approximate surface area is 129 Å². The van der Waals surface area contributed by atoms with Crippen molar-refractivity contribution in [2.75, 3.05) is 5.32 Å². The first-order chi connectivity index (χ1) is 10.1. The summed E-state index contributed by atoms with van der Waals surface area (Å²) >= 11 is 0. The molecule has 0 heterocycles. The van der Waals surface area contributed by atoms with E-state index in [0.717, 1.165) is 31.4 Å². The molecule has 0 radical (unpaired) electrons. The van der Waals surface area contributed by atoms with Crippen molar-refractivity contribution >= 4 is 5.69 Å². The summed E-state index contributed by atoms with van der Waals surface area (Å²) in [6.45, 7) is 6.40. The Morgan fingerprint density at radius 1 is 1.23 bits per heavy atom. The van der Waals surface area contributed by atoms with Crippen molar-refractivity contribution < 1.29 is 17.6 Å². The number of hydrogen-bond donors (Lipinski definition) is 1. The Balaban J connectivity index is 2.11. The first kappa shape index (κ1) is 17.1. The van der Waals surface area contributed by atoms with Crippen molar-refractivity contribution in [3.05, 3.63) is 29.6 Å². The average molecular weight is 317 g/mol. The van der Waals surface area contributed by atoms with Crippen molar-refractivity contribution in [3.8, 4) is 0 Å². The number of alkyl halides is 3. The van der Waals surface area contributed by atoms with E-state index in [0.29, 0.717) is 12.0 Å². The molecule has 1 N–H and O–H groups in total. The summed E-state index contributed by atoms with van der Waals surface area (Å²) in [6.07, 6.45) is -0.148. The molecule has 2 atom stereocenters. The zero-order valence-electron chi connectivity index (χ0n) is 13.2. The Bertz CT molecular complexity index is 522. The van der Waals surface area contributed by atoms with Crippen LogP contribution >= 0.6 is 0 Å². The summed E-state index contributed by atoms with van der Waals surface area (Å²) in [5, 5.41) is 3.06. The van der Waals surface area contributed by atoms with Crippen molar-refractivity contribution in [2.45, 2.75) is 58.7 Å². The first-order valence-electron chi connectivity index (χ1n) is 7.71. The van der Waals surface area contributed by atoms with Gasteiger partial charge in [0.1, 0.15) is 5.82 Å². The third-order valence-electron chi connectivity index (χ3n) is 4.57. The molecular weight excluding hydrogens is 294 g/mol. The van der Waals surface area contributed by atoms with Crippen LogP contribution in [-0.2, 0) is 6.18 Å². The lowest BCUT2D eigenvalue weighted by Gasteiger charge is -2.38. The van der Waals surface area contributed by atoms with E-state index in [1.165, 1.54) is 6.42 Å². The van der Waals surface area contributed by atoms with E-state index >= 15 is 0 Å². The molecule has 1 aromatic rings. The fraction of sp³-hybridized carbons (Fsp3) is 0.647. The third-order valence-corrected chi connectivity index (χ3v) is 4.57. The lowest BCUT2D eigenvalue weighted by atomic mass is 9.70. The van der Waals surface area contributed by atoms with Crippen LogP contribution in [0.1, 0.15) is 52.0 Å². The van der Waals surface area contributed by atoms with E-state index in [1.54, 1.807) is 0 Å². The summed E-state index contributed by atoms with van der Waals surface area (Å²) in [6, 6.07) is 2.65. The molecule has 1 saturated carbocycles. The van der Waals surface area contributed by atoms with Gasteiger partial charge in [-0.1, -0.05) is 20.3 Å². The van der Waals surface area contributed by atoms with Gasteiger partial charge in [0.15, 0.2) is 0 Å². The fourth-order valence-electron chi connectivity index (χ4n) is 3.40. The van der Waals surface area contributed by atoms with Gasteiger partial charge < -0.3 is 5.32 Å². The van der Waals surface area contributed by atoms with Gasteiger partial charge in [-0.3, -0.25) is 0 Å². The van der Waals surface area contributed by atoms with Crippen LogP contribution < -0.4 is 5.32 Å². The predicted octanol–water partition coefficient (Wildman–Crippen LogP) is 5.86. The SMILES string of the molecule is CC(Nc1cc(F)cc(C(F)(F)F)c1)C1CCCC(C)(C)C1. The number of nitrogens with one attached hydrogen (secondary N) is 1. The molecule has 1 nitrogen and oxygen atoms in total. The van der Waals surface area contributed by atoms with Crippen molar-refractivity contribution in [3.63, 3.8) is 0 Å². The summed E-state index contributed by atoms with van der Waals surface area (Å²) in [4.78, 5) is 0. The molecule has 0 spiro atoms. The molecule has 1 aliphatic carbocycles. The molecule has 5 heteroatoms. The highest BCUT2D eigenvalue weighted by atomic mass is 19.4. The van der Waals surface area contributed by atoms with E-state index in [9.17, 15) is 17.6 Å². The number of hydrogen-bond acceptors (Lipinski definition) is 1. The van der Waals surface area contributed by atoms with Crippen molar-refractivity contribution in [1.29, 1.82) is 0 Å². The molecule has 1 fully saturated rings. The highest BCUT2D eigenvalue weighted by Crippen LogP contribution is 2.40. The Kier molecular flexibility index (Phi) is 4.73. The van der Waals surface area contributed by atoms with E-state index < -0.39 is 17.6 Å². The van der Waals surface area contributed by atoms with Gasteiger partial charge in [-0.25, -0.2) is 4.39 Å². The molecule has 0 saturated heterocycles. The van der Waals surface area contributed by atoms with Gasteiger partial charge in [0, 0.05) is 11.7 Å². The van der Waals surface area contributed by atoms with Crippen LogP contribution in [0.15, 0.2) is 18.2 Å². The molecule has 1 aliphatic rings. The summed E-state index contributed by atoms with van der Waals surface area (Å²) in [5.74, 6) is -0.477. The first-order valence-corrected chi connectivity index (χ1v) is 7.71. The Morgan fingerprint density at radius 2 is 1.91 bits per heavy atom. The van der Waals surface area contributed by atoms with Gasteiger partial charge in [0.05, 0.1) is 5.56 Å². The largest absolute Gasteiger partial charge is 0.416 e. The number of halogens is 4. The Morgan fingerprint density at radius 3 is 2.50 bits per heavy atom. The fourth-order valence-corrected chi connectivity index (χ4v) is 3.40. The molecule has 2 rings (SSSR count). The van der Waals surface area contributed by atoms with Crippen LogP contribution in [-0.4, -0.2) is 6.04 Å². The van der Waals surface area contributed by atoms with E-state index in [-0.39, 0.29) is 17.1 Å². The van der Waals surface area contributed by atoms with Gasteiger partial charge in [0.25, 0.3) is 0 Å². The minimum Gasteiger partial charge on any atom is -0.382 e. The smallest absolute Gasteiger partial charge is 0.382 e. The highest BCUT2D eigenvalue weighted by molar-refractivity contribution is 5.47. The number of anilines is 1. The maximum Gasteiger partial charge on any atom is 0.416 e. The van der Waals surface area contributed by atoms with E-state index in [1.807, 2.05) is 6.92 Å². The van der Waals surface area contributed by atoms with Crippen LogP contribution in [0, 0.1) is 17.2 Å². The minimum atomic E-state index is -4.53. The molecule has 2 unspecified atom stereocenters. The summed E-state index contributed by atoms with van der Waals surface area (Å²) in [5.41, 5.74) is -0.493. The second-order valence-corrected chi connectivity index (χ2v) is 7.18. The Hall–Kier alpha value is -1.26. The zero-order valence-corrected chi connectivity index (χ0v) is 13.2. The predicted molar refractivity (Wildman–Crippen MR) is 80.2 cm³/mol. The van der Waals surface area contributed by atoms with Gasteiger partial charge in [0.2, 0.25) is 0 Å². The normalized spacial score (nSPS) is 23.1. The minimum absolute atomic E-state index is 0.0162. The topological polar surface area (TPSA) is 12.0 Å². The van der Waals surface area contributed by atoms with Gasteiger partial charge in [-0.15, -0.1) is 0 Å². The zero-order chi connectivity index (χ0) is 16.5. The molecular formula is C17H23F4N. The van der Waals surface area contributed by atoms with Crippen LogP contribution in [0.25, 0.3) is 0 Å². The van der Waals surface area contributed by atoms with Crippen LogP contribution in [0.2, 0.25) is 0 Å². The van der Waals surface area contributed by atoms with Gasteiger partial charge >= 0.3 is 6.18 Å². The molecule has 1 aromatic carbocycles. The molecule has 0 aliphatic heterocycles. The molecule has 0 aromatic heterocycles. The average Bonchev–Trinajstić information content (AvgIpc) is 2.35. The quantitative estimate of drug-likeness (QED) is 0.688. The maximum absolute atomic E-state index is 13.4. The van der Waals surface area contributed by atoms with E-state index in [4.69, 9.17) is 0 Å². The number of rotatable bonds is 3. The molecule has 0 bridgehead atoms. The lowest BCUT2D eigenvalue weighted by molar-refractivity contribution is -0.137. The highest BCUT2D eigenvalue weighted by Gasteiger charge is 2.33. The monoisotopic (exact) mass is 317 g/mol. The maximum atomic E-state index is 13.4. The summed E-state index contributed by atoms with van der Waals surface area (Å²) < 4.78 is 51.7. The second kappa shape index (κ2) is 6.09. The summed E-state index contributed by atoms with van der Waals surface area (Å²) in [7, 11) is 0. The standard InChI is InChI=1S/C17H23F4N/c1-11(12-5-4-6-16(2,3)10-12)22-15-8-13(17(19,20)21)7-14(18)9-15/h7-9,11-12,22H,4-6,10H2,1-3H3. The van der Waals surface area contributed by atoms with Crippen molar-refractivity contribution in [2.24, 2.45) is 11.3 Å². The van der Waals surface area contributed by atoms with Gasteiger partial charge in [-0.2, -0.15) is 13.2 Å².